The molecule has 0 heterocycles. The van der Waals surface area contributed by atoms with Crippen molar-refractivity contribution in [2.24, 2.45) is 5.92 Å². The molecule has 0 aliphatic carbocycles. The molecule has 0 amide bonds. The Balaban J connectivity index is 2.78. The zero-order valence-corrected chi connectivity index (χ0v) is 7.85. The first-order chi connectivity index (χ1) is 6.29. The summed E-state index contributed by atoms with van der Waals surface area (Å²) in [5, 5.41) is 18.2. The van der Waals surface area contributed by atoms with Gasteiger partial charge >= 0.3 is 0 Å². The van der Waals surface area contributed by atoms with Crippen molar-refractivity contribution >= 4 is 0 Å². The van der Waals surface area contributed by atoms with E-state index < -0.39 is 0 Å². The summed E-state index contributed by atoms with van der Waals surface area (Å²) in [4.78, 5) is 0. The number of benzene rings is 1. The highest BCUT2D eigenvalue weighted by atomic mass is 16.3. The Hall–Kier alpha value is -0.860. The van der Waals surface area contributed by atoms with E-state index in [-0.39, 0.29) is 25.0 Å². The topological polar surface area (TPSA) is 40.5 Å². The van der Waals surface area contributed by atoms with Crippen molar-refractivity contribution in [3.63, 3.8) is 0 Å². The third-order valence-corrected chi connectivity index (χ3v) is 2.40. The standard InChI is InChI=1S/C11H16O2/c1-9(7-12)11(8-13)10-5-3-2-4-6-10/h2-6,9,11-13H,7-8H2,1H3/t9-,11-/m0/s1. The van der Waals surface area contributed by atoms with E-state index in [0.29, 0.717) is 0 Å². The molecule has 72 valence electrons. The molecule has 1 aromatic carbocycles. The molecule has 1 aromatic rings. The first kappa shape index (κ1) is 10.2. The zero-order valence-electron chi connectivity index (χ0n) is 7.85. The van der Waals surface area contributed by atoms with Crippen LogP contribution in [0.2, 0.25) is 0 Å². The van der Waals surface area contributed by atoms with Crippen molar-refractivity contribution in [3.8, 4) is 0 Å². The molecule has 0 saturated carbocycles. The average molecular weight is 180 g/mol. The zero-order chi connectivity index (χ0) is 9.68. The normalized spacial score (nSPS) is 15.3. The number of hydrogen-bond donors (Lipinski definition) is 2. The minimum atomic E-state index is 0.0474. The highest BCUT2D eigenvalue weighted by molar-refractivity contribution is 5.20. The second-order valence-corrected chi connectivity index (χ2v) is 3.36. The molecular weight excluding hydrogens is 164 g/mol. The second-order valence-electron chi connectivity index (χ2n) is 3.36. The number of rotatable bonds is 4. The monoisotopic (exact) mass is 180 g/mol. The van der Waals surface area contributed by atoms with E-state index in [4.69, 9.17) is 10.2 Å². The first-order valence-corrected chi connectivity index (χ1v) is 4.56. The van der Waals surface area contributed by atoms with Crippen molar-refractivity contribution < 1.29 is 10.2 Å². The van der Waals surface area contributed by atoms with Crippen LogP contribution < -0.4 is 0 Å². The lowest BCUT2D eigenvalue weighted by Gasteiger charge is -2.20. The third-order valence-electron chi connectivity index (χ3n) is 2.40. The molecule has 0 aromatic heterocycles. The van der Waals surface area contributed by atoms with Gasteiger partial charge in [-0.3, -0.25) is 0 Å². The van der Waals surface area contributed by atoms with Gasteiger partial charge < -0.3 is 10.2 Å². The molecule has 2 atom stereocenters. The summed E-state index contributed by atoms with van der Waals surface area (Å²) in [6.07, 6.45) is 0. The Morgan fingerprint density at radius 1 is 1.08 bits per heavy atom. The molecule has 0 saturated heterocycles. The van der Waals surface area contributed by atoms with Crippen molar-refractivity contribution in [2.45, 2.75) is 12.8 Å². The Morgan fingerprint density at radius 2 is 1.69 bits per heavy atom. The van der Waals surface area contributed by atoms with Crippen LogP contribution in [0, 0.1) is 5.92 Å². The fraction of sp³-hybridized carbons (Fsp3) is 0.455. The molecule has 1 rings (SSSR count). The summed E-state index contributed by atoms with van der Waals surface area (Å²) >= 11 is 0. The van der Waals surface area contributed by atoms with Crippen molar-refractivity contribution in [1.29, 1.82) is 0 Å². The minimum absolute atomic E-state index is 0.0474. The van der Waals surface area contributed by atoms with E-state index in [0.717, 1.165) is 5.56 Å². The Morgan fingerprint density at radius 3 is 2.15 bits per heavy atom. The van der Waals surface area contributed by atoms with Crippen LogP contribution in [0.4, 0.5) is 0 Å². The predicted molar refractivity (Wildman–Crippen MR) is 52.5 cm³/mol. The molecule has 2 N–H and O–H groups in total. The number of aliphatic hydroxyl groups excluding tert-OH is 2. The third kappa shape index (κ3) is 2.54. The summed E-state index contributed by atoms with van der Waals surface area (Å²) in [7, 11) is 0. The lowest BCUT2D eigenvalue weighted by atomic mass is 9.88. The van der Waals surface area contributed by atoms with Crippen LogP contribution in [0.3, 0.4) is 0 Å². The summed E-state index contributed by atoms with van der Waals surface area (Å²) in [6, 6.07) is 9.80. The molecule has 2 heteroatoms. The molecule has 0 fully saturated rings. The van der Waals surface area contributed by atoms with Crippen LogP contribution in [0.1, 0.15) is 18.4 Å². The van der Waals surface area contributed by atoms with E-state index in [9.17, 15) is 0 Å². The van der Waals surface area contributed by atoms with Gasteiger partial charge in [-0.1, -0.05) is 37.3 Å². The highest BCUT2D eigenvalue weighted by Gasteiger charge is 2.16. The fourth-order valence-electron chi connectivity index (χ4n) is 1.44. The van der Waals surface area contributed by atoms with Crippen LogP contribution in [0.5, 0.6) is 0 Å². The molecule has 0 radical (unpaired) electrons. The van der Waals surface area contributed by atoms with Crippen LogP contribution in [-0.2, 0) is 0 Å². The van der Waals surface area contributed by atoms with Gasteiger partial charge in [0.1, 0.15) is 0 Å². The van der Waals surface area contributed by atoms with E-state index in [1.807, 2.05) is 37.3 Å². The molecular formula is C11H16O2. The minimum Gasteiger partial charge on any atom is -0.396 e. The fourth-order valence-corrected chi connectivity index (χ4v) is 1.44. The van der Waals surface area contributed by atoms with Gasteiger partial charge in [0.2, 0.25) is 0 Å². The van der Waals surface area contributed by atoms with Gasteiger partial charge in [0.25, 0.3) is 0 Å². The Labute approximate surface area is 78.8 Å². The number of aliphatic hydroxyl groups is 2. The molecule has 2 nitrogen and oxygen atoms in total. The Bertz CT molecular complexity index is 233. The van der Waals surface area contributed by atoms with Gasteiger partial charge in [-0.25, -0.2) is 0 Å². The summed E-state index contributed by atoms with van der Waals surface area (Å²) < 4.78 is 0. The van der Waals surface area contributed by atoms with Crippen LogP contribution >= 0.6 is 0 Å². The lowest BCUT2D eigenvalue weighted by Crippen LogP contribution is -2.16. The highest BCUT2D eigenvalue weighted by Crippen LogP contribution is 2.23. The largest absolute Gasteiger partial charge is 0.396 e. The summed E-state index contributed by atoms with van der Waals surface area (Å²) in [5.74, 6) is 0.151. The maximum Gasteiger partial charge on any atom is 0.0503 e. The quantitative estimate of drug-likeness (QED) is 0.735. The molecule has 0 aliphatic rings. The van der Waals surface area contributed by atoms with E-state index in [2.05, 4.69) is 0 Å². The van der Waals surface area contributed by atoms with Gasteiger partial charge in [-0.2, -0.15) is 0 Å². The van der Waals surface area contributed by atoms with Gasteiger partial charge in [0.15, 0.2) is 0 Å². The van der Waals surface area contributed by atoms with Crippen LogP contribution in [0.25, 0.3) is 0 Å². The molecule has 0 aliphatic heterocycles. The summed E-state index contributed by atoms with van der Waals surface area (Å²) in [6.45, 7) is 2.14. The van der Waals surface area contributed by atoms with Gasteiger partial charge in [0, 0.05) is 12.5 Å². The van der Waals surface area contributed by atoms with E-state index >= 15 is 0 Å². The van der Waals surface area contributed by atoms with Crippen molar-refractivity contribution in [2.75, 3.05) is 13.2 Å². The lowest BCUT2D eigenvalue weighted by molar-refractivity contribution is 0.169. The predicted octanol–water partition coefficient (Wildman–Crippen LogP) is 1.39. The first-order valence-electron chi connectivity index (χ1n) is 4.56. The molecule has 13 heavy (non-hydrogen) atoms. The van der Waals surface area contributed by atoms with Crippen molar-refractivity contribution in [1.82, 2.24) is 0 Å². The van der Waals surface area contributed by atoms with Crippen molar-refractivity contribution in [3.05, 3.63) is 35.9 Å². The SMILES string of the molecule is C[C@@H](CO)[C@H](CO)c1ccccc1. The summed E-state index contributed by atoms with van der Waals surface area (Å²) in [5.41, 5.74) is 1.09. The maximum atomic E-state index is 9.17. The average Bonchev–Trinajstić information content (AvgIpc) is 2.20. The number of hydrogen-bond acceptors (Lipinski definition) is 2. The molecule has 0 unspecified atom stereocenters. The molecule has 0 bridgehead atoms. The van der Waals surface area contributed by atoms with E-state index in [1.165, 1.54) is 0 Å². The van der Waals surface area contributed by atoms with Gasteiger partial charge in [0.05, 0.1) is 6.61 Å². The van der Waals surface area contributed by atoms with E-state index in [1.54, 1.807) is 0 Å². The van der Waals surface area contributed by atoms with Crippen LogP contribution in [-0.4, -0.2) is 23.4 Å². The second kappa shape index (κ2) is 5.00. The van der Waals surface area contributed by atoms with Gasteiger partial charge in [-0.05, 0) is 11.5 Å². The van der Waals surface area contributed by atoms with Gasteiger partial charge in [-0.15, -0.1) is 0 Å². The molecule has 0 spiro atoms. The van der Waals surface area contributed by atoms with Crippen LogP contribution in [0.15, 0.2) is 30.3 Å². The smallest absolute Gasteiger partial charge is 0.0503 e. The maximum absolute atomic E-state index is 9.17. The Kier molecular flexibility index (Phi) is 3.93.